The smallest absolute Gasteiger partial charge is 0.0414 e. The summed E-state index contributed by atoms with van der Waals surface area (Å²) in [5, 5.41) is 3.45. The van der Waals surface area contributed by atoms with Gasteiger partial charge in [-0.2, -0.15) is 0 Å². The topological polar surface area (TPSA) is 12.0 Å². The molecule has 0 amide bonds. The van der Waals surface area contributed by atoms with Gasteiger partial charge in [0, 0.05) is 16.7 Å². The molecule has 1 heterocycles. The monoisotopic (exact) mass is 251 g/mol. The highest BCUT2D eigenvalue weighted by Gasteiger charge is 2.04. The Morgan fingerprint density at radius 3 is 3.07 bits per heavy atom. The minimum atomic E-state index is 1.07. The van der Waals surface area contributed by atoms with E-state index in [1.807, 2.05) is 0 Å². The van der Waals surface area contributed by atoms with Crippen LogP contribution in [0.2, 0.25) is 0 Å². The van der Waals surface area contributed by atoms with E-state index in [9.17, 15) is 0 Å². The van der Waals surface area contributed by atoms with Gasteiger partial charge in [0.2, 0.25) is 0 Å². The molecule has 1 nitrogen and oxygen atoms in total. The summed E-state index contributed by atoms with van der Waals surface area (Å²) in [6, 6.07) is 6.38. The Labute approximate surface area is 93.3 Å². The Morgan fingerprint density at radius 1 is 1.36 bits per heavy atom. The standard InChI is InChI=1S/C12H14BrN/c1-9-3-2-6-14-12-5-4-11(13)8-10(12)7-9/h4-5,7-8,14H,2-3,6H2,1H3/b9-7-. The maximum atomic E-state index is 3.50. The lowest BCUT2D eigenvalue weighted by Gasteiger charge is -2.14. The van der Waals surface area contributed by atoms with Crippen molar-refractivity contribution in [3.05, 3.63) is 33.8 Å². The van der Waals surface area contributed by atoms with Crippen LogP contribution >= 0.6 is 15.9 Å². The molecule has 2 heteroatoms. The third-order valence-electron chi connectivity index (χ3n) is 2.48. The maximum absolute atomic E-state index is 3.50. The molecule has 0 saturated heterocycles. The van der Waals surface area contributed by atoms with Crippen molar-refractivity contribution in [3.63, 3.8) is 0 Å². The summed E-state index contributed by atoms with van der Waals surface area (Å²) >= 11 is 3.50. The Bertz CT molecular complexity index is 369. The van der Waals surface area contributed by atoms with Crippen LogP contribution in [-0.4, -0.2) is 6.54 Å². The average Bonchev–Trinajstić information content (AvgIpc) is 2.12. The summed E-state index contributed by atoms with van der Waals surface area (Å²) in [4.78, 5) is 0. The van der Waals surface area contributed by atoms with Crippen LogP contribution in [0.5, 0.6) is 0 Å². The summed E-state index contributed by atoms with van der Waals surface area (Å²) in [5.74, 6) is 0. The second-order valence-electron chi connectivity index (χ2n) is 3.75. The Hall–Kier alpha value is -0.760. The van der Waals surface area contributed by atoms with Crippen LogP contribution in [0.3, 0.4) is 0 Å². The molecule has 1 N–H and O–H groups in total. The first-order chi connectivity index (χ1) is 6.75. The fourth-order valence-electron chi connectivity index (χ4n) is 1.74. The van der Waals surface area contributed by atoms with Crippen LogP contribution in [0.25, 0.3) is 6.08 Å². The van der Waals surface area contributed by atoms with E-state index in [1.54, 1.807) is 0 Å². The molecule has 74 valence electrons. The van der Waals surface area contributed by atoms with Crippen molar-refractivity contribution in [3.8, 4) is 0 Å². The largest absolute Gasteiger partial charge is 0.385 e. The summed E-state index contributed by atoms with van der Waals surface area (Å²) in [5.41, 5.74) is 4.00. The maximum Gasteiger partial charge on any atom is 0.0414 e. The van der Waals surface area contributed by atoms with E-state index in [2.05, 4.69) is 52.4 Å². The molecule has 0 unspecified atom stereocenters. The normalized spacial score (nSPS) is 19.7. The molecule has 0 fully saturated rings. The fraction of sp³-hybridized carbons (Fsp3) is 0.333. The van der Waals surface area contributed by atoms with Gasteiger partial charge in [0.25, 0.3) is 0 Å². The summed E-state index contributed by atoms with van der Waals surface area (Å²) in [7, 11) is 0. The van der Waals surface area contributed by atoms with Crippen molar-refractivity contribution < 1.29 is 0 Å². The Kier molecular flexibility index (Phi) is 2.92. The van der Waals surface area contributed by atoms with Gasteiger partial charge < -0.3 is 5.32 Å². The third kappa shape index (κ3) is 2.18. The molecule has 2 rings (SSSR count). The number of nitrogens with one attached hydrogen (secondary N) is 1. The van der Waals surface area contributed by atoms with E-state index < -0.39 is 0 Å². The van der Waals surface area contributed by atoms with Crippen LogP contribution < -0.4 is 5.32 Å². The first-order valence-corrected chi connectivity index (χ1v) is 5.75. The Morgan fingerprint density at radius 2 is 2.21 bits per heavy atom. The fourth-order valence-corrected chi connectivity index (χ4v) is 2.12. The molecule has 1 aromatic rings. The number of anilines is 1. The van der Waals surface area contributed by atoms with Gasteiger partial charge in [0.1, 0.15) is 0 Å². The van der Waals surface area contributed by atoms with E-state index in [-0.39, 0.29) is 0 Å². The highest BCUT2D eigenvalue weighted by molar-refractivity contribution is 9.10. The minimum absolute atomic E-state index is 1.07. The summed E-state index contributed by atoms with van der Waals surface area (Å²) in [6.45, 7) is 3.27. The van der Waals surface area contributed by atoms with E-state index in [0.29, 0.717) is 0 Å². The van der Waals surface area contributed by atoms with E-state index >= 15 is 0 Å². The number of hydrogen-bond donors (Lipinski definition) is 1. The molecule has 0 aromatic heterocycles. The van der Waals surface area contributed by atoms with Gasteiger partial charge in [0.15, 0.2) is 0 Å². The quantitative estimate of drug-likeness (QED) is 0.734. The zero-order valence-corrected chi connectivity index (χ0v) is 9.89. The minimum Gasteiger partial charge on any atom is -0.385 e. The van der Waals surface area contributed by atoms with Crippen molar-refractivity contribution in [1.82, 2.24) is 0 Å². The van der Waals surface area contributed by atoms with Gasteiger partial charge >= 0.3 is 0 Å². The molecular weight excluding hydrogens is 238 g/mol. The second-order valence-corrected chi connectivity index (χ2v) is 4.67. The lowest BCUT2D eigenvalue weighted by Crippen LogP contribution is -2.05. The van der Waals surface area contributed by atoms with Gasteiger partial charge in [-0.15, -0.1) is 0 Å². The summed E-state index contributed by atoms with van der Waals surface area (Å²) in [6.07, 6.45) is 4.68. The van der Waals surface area contributed by atoms with Crippen molar-refractivity contribution in [2.24, 2.45) is 0 Å². The predicted octanol–water partition coefficient (Wildman–Crippen LogP) is 4.06. The number of halogens is 1. The average molecular weight is 252 g/mol. The lowest BCUT2D eigenvalue weighted by molar-refractivity contribution is 0.851. The van der Waals surface area contributed by atoms with E-state index in [0.717, 1.165) is 11.0 Å². The molecule has 0 saturated carbocycles. The first-order valence-electron chi connectivity index (χ1n) is 4.96. The second kappa shape index (κ2) is 4.18. The number of benzene rings is 1. The van der Waals surface area contributed by atoms with Crippen molar-refractivity contribution in [2.75, 3.05) is 11.9 Å². The molecule has 0 radical (unpaired) electrons. The van der Waals surface area contributed by atoms with Gasteiger partial charge in [-0.25, -0.2) is 0 Å². The number of fused-ring (bicyclic) bond motifs is 1. The SMILES string of the molecule is C/C1=C/c2cc(Br)ccc2NCCC1. The zero-order valence-electron chi connectivity index (χ0n) is 8.31. The molecule has 0 aliphatic carbocycles. The molecule has 0 atom stereocenters. The number of rotatable bonds is 0. The van der Waals surface area contributed by atoms with Crippen molar-refractivity contribution >= 4 is 27.7 Å². The van der Waals surface area contributed by atoms with Crippen LogP contribution in [0.15, 0.2) is 28.2 Å². The highest BCUT2D eigenvalue weighted by Crippen LogP contribution is 2.26. The molecule has 14 heavy (non-hydrogen) atoms. The number of allylic oxidation sites excluding steroid dienone is 1. The van der Waals surface area contributed by atoms with Crippen molar-refractivity contribution in [1.29, 1.82) is 0 Å². The molecule has 1 aliphatic heterocycles. The number of hydrogen-bond acceptors (Lipinski definition) is 1. The lowest BCUT2D eigenvalue weighted by atomic mass is 10.0. The summed E-state index contributed by atoms with van der Waals surface area (Å²) < 4.78 is 1.14. The molecule has 1 aliphatic rings. The third-order valence-corrected chi connectivity index (χ3v) is 2.97. The van der Waals surface area contributed by atoms with Crippen LogP contribution in [0.4, 0.5) is 5.69 Å². The van der Waals surface area contributed by atoms with Gasteiger partial charge in [-0.1, -0.05) is 27.6 Å². The van der Waals surface area contributed by atoms with Gasteiger partial charge in [0.05, 0.1) is 0 Å². The molecule has 0 bridgehead atoms. The van der Waals surface area contributed by atoms with Crippen LogP contribution in [-0.2, 0) is 0 Å². The molecular formula is C12H14BrN. The van der Waals surface area contributed by atoms with Crippen LogP contribution in [0.1, 0.15) is 25.3 Å². The van der Waals surface area contributed by atoms with Crippen molar-refractivity contribution in [2.45, 2.75) is 19.8 Å². The molecule has 0 spiro atoms. The van der Waals surface area contributed by atoms with Gasteiger partial charge in [-0.05, 0) is 43.5 Å². The highest BCUT2D eigenvalue weighted by atomic mass is 79.9. The zero-order chi connectivity index (χ0) is 9.97. The van der Waals surface area contributed by atoms with E-state index in [4.69, 9.17) is 0 Å². The van der Waals surface area contributed by atoms with Crippen LogP contribution in [0, 0.1) is 0 Å². The Balaban J connectivity index is 2.45. The predicted molar refractivity (Wildman–Crippen MR) is 65.5 cm³/mol. The van der Waals surface area contributed by atoms with E-state index in [1.165, 1.54) is 29.7 Å². The first kappa shape index (κ1) is 9.78. The molecule has 1 aromatic carbocycles. The van der Waals surface area contributed by atoms with Gasteiger partial charge in [-0.3, -0.25) is 0 Å².